The van der Waals surface area contributed by atoms with Gasteiger partial charge in [-0.2, -0.15) is 0 Å². The molecule has 0 radical (unpaired) electrons. The lowest BCUT2D eigenvalue weighted by Gasteiger charge is -2.39. The van der Waals surface area contributed by atoms with E-state index in [9.17, 15) is 9.50 Å². The van der Waals surface area contributed by atoms with Crippen LogP contribution in [0.3, 0.4) is 0 Å². The fourth-order valence-electron chi connectivity index (χ4n) is 2.66. The molecule has 0 aliphatic carbocycles. The first-order valence-corrected chi connectivity index (χ1v) is 7.04. The maximum absolute atomic E-state index is 13.7. The van der Waals surface area contributed by atoms with Crippen molar-refractivity contribution in [3.63, 3.8) is 0 Å². The highest BCUT2D eigenvalue weighted by Gasteiger charge is 2.22. The van der Waals surface area contributed by atoms with Gasteiger partial charge in [0.05, 0.1) is 6.61 Å². The first-order chi connectivity index (χ1) is 9.17. The van der Waals surface area contributed by atoms with Gasteiger partial charge in [-0.3, -0.25) is 4.90 Å². The van der Waals surface area contributed by atoms with Crippen LogP contribution in [0.25, 0.3) is 0 Å². The maximum Gasteiger partial charge on any atom is 0.130 e. The van der Waals surface area contributed by atoms with Crippen LogP contribution in [-0.4, -0.2) is 42.2 Å². The molecule has 1 aliphatic rings. The molecule has 1 atom stereocenters. The van der Waals surface area contributed by atoms with Gasteiger partial charge in [0.15, 0.2) is 0 Å². The average molecular weight is 266 g/mol. The molecule has 19 heavy (non-hydrogen) atoms. The van der Waals surface area contributed by atoms with Gasteiger partial charge in [-0.25, -0.2) is 4.39 Å². The summed E-state index contributed by atoms with van der Waals surface area (Å²) in [5.41, 5.74) is 1.26. The SMILES string of the molecule is CCC(C)N1CCN(c2cccc(F)c2CO)CC1. The van der Waals surface area contributed by atoms with Crippen molar-refractivity contribution in [2.45, 2.75) is 32.9 Å². The molecule has 4 heteroatoms. The quantitative estimate of drug-likeness (QED) is 0.905. The van der Waals surface area contributed by atoms with Crippen LogP contribution in [0.15, 0.2) is 18.2 Å². The van der Waals surface area contributed by atoms with E-state index in [-0.39, 0.29) is 12.4 Å². The summed E-state index contributed by atoms with van der Waals surface area (Å²) in [4.78, 5) is 4.64. The molecule has 3 nitrogen and oxygen atoms in total. The molecule has 0 bridgehead atoms. The van der Waals surface area contributed by atoms with Gasteiger partial charge in [0.1, 0.15) is 5.82 Å². The highest BCUT2D eigenvalue weighted by Crippen LogP contribution is 2.25. The predicted octanol–water partition coefficient (Wildman–Crippen LogP) is 2.24. The summed E-state index contributed by atoms with van der Waals surface area (Å²) in [5, 5.41) is 9.33. The monoisotopic (exact) mass is 266 g/mol. The lowest BCUT2D eigenvalue weighted by molar-refractivity contribution is 0.192. The molecule has 0 spiro atoms. The molecule has 1 unspecified atom stereocenters. The number of aliphatic hydroxyl groups is 1. The van der Waals surface area contributed by atoms with Crippen LogP contribution in [0.2, 0.25) is 0 Å². The molecule has 1 heterocycles. The Hall–Kier alpha value is -1.13. The number of piperazine rings is 1. The van der Waals surface area contributed by atoms with Crippen molar-refractivity contribution in [3.05, 3.63) is 29.6 Å². The van der Waals surface area contributed by atoms with Crippen LogP contribution in [0.4, 0.5) is 10.1 Å². The van der Waals surface area contributed by atoms with Crippen molar-refractivity contribution in [1.29, 1.82) is 0 Å². The van der Waals surface area contributed by atoms with Gasteiger partial charge in [-0.1, -0.05) is 13.0 Å². The van der Waals surface area contributed by atoms with E-state index in [1.165, 1.54) is 6.07 Å². The van der Waals surface area contributed by atoms with E-state index in [1.807, 2.05) is 6.07 Å². The number of halogens is 1. The molecule has 0 amide bonds. The highest BCUT2D eigenvalue weighted by atomic mass is 19.1. The fourth-order valence-corrected chi connectivity index (χ4v) is 2.66. The molecule has 1 aromatic carbocycles. The molecule has 2 rings (SSSR count). The van der Waals surface area contributed by atoms with E-state index >= 15 is 0 Å². The molecular weight excluding hydrogens is 243 g/mol. The molecule has 1 aromatic rings. The maximum atomic E-state index is 13.7. The third kappa shape index (κ3) is 3.07. The minimum atomic E-state index is -0.315. The Bertz CT molecular complexity index is 417. The summed E-state index contributed by atoms with van der Waals surface area (Å²) in [6.45, 7) is 7.98. The summed E-state index contributed by atoms with van der Waals surface area (Å²) in [7, 11) is 0. The van der Waals surface area contributed by atoms with Crippen LogP contribution in [0, 0.1) is 5.82 Å². The lowest BCUT2D eigenvalue weighted by atomic mass is 10.1. The first kappa shape index (κ1) is 14.3. The second-order valence-electron chi connectivity index (χ2n) is 5.18. The largest absolute Gasteiger partial charge is 0.391 e. The van der Waals surface area contributed by atoms with Crippen molar-refractivity contribution in [1.82, 2.24) is 4.90 Å². The molecular formula is C15H23FN2O. The van der Waals surface area contributed by atoms with Crippen molar-refractivity contribution in [2.24, 2.45) is 0 Å². The molecule has 1 N–H and O–H groups in total. The van der Waals surface area contributed by atoms with E-state index < -0.39 is 0 Å². The van der Waals surface area contributed by atoms with Gasteiger partial charge in [0, 0.05) is 43.5 Å². The highest BCUT2D eigenvalue weighted by molar-refractivity contribution is 5.54. The van der Waals surface area contributed by atoms with E-state index in [0.29, 0.717) is 11.6 Å². The zero-order valence-electron chi connectivity index (χ0n) is 11.8. The molecule has 0 saturated carbocycles. The Labute approximate surface area is 114 Å². The molecule has 1 saturated heterocycles. The zero-order valence-corrected chi connectivity index (χ0v) is 11.8. The number of hydrogen-bond acceptors (Lipinski definition) is 3. The minimum absolute atomic E-state index is 0.242. The van der Waals surface area contributed by atoms with Gasteiger partial charge in [-0.05, 0) is 25.5 Å². The predicted molar refractivity (Wildman–Crippen MR) is 75.9 cm³/mol. The third-order valence-corrected chi connectivity index (χ3v) is 4.12. The Kier molecular flexibility index (Phi) is 4.77. The Morgan fingerprint density at radius 3 is 2.53 bits per heavy atom. The smallest absolute Gasteiger partial charge is 0.130 e. The van der Waals surface area contributed by atoms with Gasteiger partial charge in [0.2, 0.25) is 0 Å². The second-order valence-corrected chi connectivity index (χ2v) is 5.18. The van der Waals surface area contributed by atoms with E-state index in [0.717, 1.165) is 38.3 Å². The summed E-state index contributed by atoms with van der Waals surface area (Å²) >= 11 is 0. The summed E-state index contributed by atoms with van der Waals surface area (Å²) in [6.07, 6.45) is 1.15. The van der Waals surface area contributed by atoms with Gasteiger partial charge >= 0.3 is 0 Å². The number of rotatable bonds is 4. The Morgan fingerprint density at radius 2 is 1.95 bits per heavy atom. The topological polar surface area (TPSA) is 26.7 Å². The third-order valence-electron chi connectivity index (χ3n) is 4.12. The number of benzene rings is 1. The molecule has 1 aliphatic heterocycles. The van der Waals surface area contributed by atoms with Crippen LogP contribution < -0.4 is 4.90 Å². The first-order valence-electron chi connectivity index (χ1n) is 7.04. The summed E-state index contributed by atoms with van der Waals surface area (Å²) < 4.78 is 13.7. The van der Waals surface area contributed by atoms with Crippen LogP contribution in [0.5, 0.6) is 0 Å². The van der Waals surface area contributed by atoms with E-state index in [4.69, 9.17) is 0 Å². The van der Waals surface area contributed by atoms with Crippen molar-refractivity contribution < 1.29 is 9.50 Å². The van der Waals surface area contributed by atoms with Gasteiger partial charge in [0.25, 0.3) is 0 Å². The van der Waals surface area contributed by atoms with Crippen LogP contribution in [0.1, 0.15) is 25.8 Å². The van der Waals surface area contributed by atoms with Gasteiger partial charge in [-0.15, -0.1) is 0 Å². The Morgan fingerprint density at radius 1 is 1.26 bits per heavy atom. The summed E-state index contributed by atoms with van der Waals surface area (Å²) in [6, 6.07) is 5.62. The molecule has 106 valence electrons. The minimum Gasteiger partial charge on any atom is -0.391 e. The van der Waals surface area contributed by atoms with E-state index in [2.05, 4.69) is 23.6 Å². The lowest BCUT2D eigenvalue weighted by Crippen LogP contribution is -2.49. The Balaban J connectivity index is 2.08. The van der Waals surface area contributed by atoms with E-state index in [1.54, 1.807) is 6.07 Å². The normalized spacial score (nSPS) is 18.6. The summed E-state index contributed by atoms with van der Waals surface area (Å²) in [5.74, 6) is -0.315. The average Bonchev–Trinajstić information content (AvgIpc) is 2.46. The van der Waals surface area contributed by atoms with Crippen molar-refractivity contribution in [2.75, 3.05) is 31.1 Å². The number of anilines is 1. The van der Waals surface area contributed by atoms with Crippen molar-refractivity contribution in [3.8, 4) is 0 Å². The molecule has 0 aromatic heterocycles. The number of nitrogens with zero attached hydrogens (tertiary/aromatic N) is 2. The number of hydrogen-bond donors (Lipinski definition) is 1. The fraction of sp³-hybridized carbons (Fsp3) is 0.600. The van der Waals surface area contributed by atoms with Crippen molar-refractivity contribution >= 4 is 5.69 Å². The van der Waals surface area contributed by atoms with Crippen LogP contribution >= 0.6 is 0 Å². The number of aliphatic hydroxyl groups excluding tert-OH is 1. The molecule has 1 fully saturated rings. The standard InChI is InChI=1S/C15H23FN2O/c1-3-12(2)17-7-9-18(10-8-17)15-6-4-5-14(16)13(15)11-19/h4-6,12,19H,3,7-11H2,1-2H3. The zero-order chi connectivity index (χ0) is 13.8. The second kappa shape index (κ2) is 6.35. The van der Waals surface area contributed by atoms with Crippen LogP contribution in [-0.2, 0) is 6.61 Å². The van der Waals surface area contributed by atoms with Gasteiger partial charge < -0.3 is 10.0 Å².